The molecule has 84 valence electrons. The van der Waals surface area contributed by atoms with E-state index in [2.05, 4.69) is 9.97 Å². The van der Waals surface area contributed by atoms with Crippen molar-refractivity contribution in [3.05, 3.63) is 46.3 Å². The van der Waals surface area contributed by atoms with Gasteiger partial charge in [-0.25, -0.2) is 4.98 Å². The number of rotatable bonds is 2. The molecule has 0 saturated carbocycles. The predicted molar refractivity (Wildman–Crippen MR) is 63.3 cm³/mol. The summed E-state index contributed by atoms with van der Waals surface area (Å²) in [5, 5.41) is 9.47. The van der Waals surface area contributed by atoms with Gasteiger partial charge in [0.05, 0.1) is 6.20 Å². The molecule has 0 aliphatic heterocycles. The number of aromatic nitrogens is 2. The normalized spacial score (nSPS) is 9.71. The summed E-state index contributed by atoms with van der Waals surface area (Å²) in [4.78, 5) is 7.54. The molecule has 0 bridgehead atoms. The van der Waals surface area contributed by atoms with Crippen LogP contribution in [-0.4, -0.2) is 9.97 Å². The van der Waals surface area contributed by atoms with Gasteiger partial charge >= 0.3 is 0 Å². The lowest BCUT2D eigenvalue weighted by Gasteiger charge is -2.05. The Morgan fingerprint density at radius 1 is 1.18 bits per heavy atom. The molecule has 2 rings (SSSR count). The third-order valence-electron chi connectivity index (χ3n) is 1.87. The van der Waals surface area contributed by atoms with Gasteiger partial charge in [-0.15, -0.1) is 0 Å². The number of nitriles is 1. The molecule has 17 heavy (non-hydrogen) atoms. The molecule has 0 spiro atoms. The number of benzene rings is 1. The molecular weight excluding hydrogens is 261 g/mol. The molecule has 0 saturated heterocycles. The number of ether oxygens (including phenoxy) is 1. The van der Waals surface area contributed by atoms with E-state index >= 15 is 0 Å². The minimum atomic E-state index is 0.0213. The lowest BCUT2D eigenvalue weighted by molar-refractivity contribution is 0.460. The zero-order valence-corrected chi connectivity index (χ0v) is 9.90. The van der Waals surface area contributed by atoms with Gasteiger partial charge in [0, 0.05) is 5.02 Å². The van der Waals surface area contributed by atoms with Crippen molar-refractivity contribution >= 4 is 23.2 Å². The molecule has 0 radical (unpaired) electrons. The fraction of sp³-hybridized carbons (Fsp3) is 0. The Labute approximate surface area is 107 Å². The van der Waals surface area contributed by atoms with E-state index in [0.29, 0.717) is 10.8 Å². The minimum absolute atomic E-state index is 0.0213. The first-order valence-corrected chi connectivity index (χ1v) is 5.30. The Kier molecular flexibility index (Phi) is 3.43. The van der Waals surface area contributed by atoms with Gasteiger partial charge in [-0.05, 0) is 35.9 Å². The minimum Gasteiger partial charge on any atom is -0.438 e. The van der Waals surface area contributed by atoms with Crippen LogP contribution in [0.5, 0.6) is 11.6 Å². The van der Waals surface area contributed by atoms with Gasteiger partial charge in [-0.2, -0.15) is 10.2 Å². The topological polar surface area (TPSA) is 58.8 Å². The summed E-state index contributed by atoms with van der Waals surface area (Å²) in [6, 6.07) is 8.60. The van der Waals surface area contributed by atoms with Gasteiger partial charge < -0.3 is 4.74 Å². The second-order valence-electron chi connectivity index (χ2n) is 3.03. The van der Waals surface area contributed by atoms with E-state index in [1.54, 1.807) is 24.3 Å². The summed E-state index contributed by atoms with van der Waals surface area (Å²) in [5.74, 6) is 0.635. The van der Waals surface area contributed by atoms with Crippen molar-refractivity contribution in [2.24, 2.45) is 0 Å². The molecule has 1 aromatic heterocycles. The lowest BCUT2D eigenvalue weighted by Crippen LogP contribution is -1.94. The van der Waals surface area contributed by atoms with Crippen molar-refractivity contribution in [3.8, 4) is 17.7 Å². The predicted octanol–water partition coefficient (Wildman–Crippen LogP) is 3.45. The smallest absolute Gasteiger partial charge is 0.241 e. The van der Waals surface area contributed by atoms with Gasteiger partial charge in [-0.1, -0.05) is 11.6 Å². The summed E-state index contributed by atoms with van der Waals surface area (Å²) >= 11 is 11.4. The van der Waals surface area contributed by atoms with Gasteiger partial charge in [0.25, 0.3) is 0 Å². The summed E-state index contributed by atoms with van der Waals surface area (Å²) in [6.07, 6.45) is 1.31. The standard InChI is InChI=1S/C11H5Cl2N3O/c12-8-1-3-9(4-2-8)17-10-7(5-14)6-15-11(13)16-10/h1-4,6H. The van der Waals surface area contributed by atoms with Crippen molar-refractivity contribution in [2.45, 2.75) is 0 Å². The highest BCUT2D eigenvalue weighted by Crippen LogP contribution is 2.24. The van der Waals surface area contributed by atoms with E-state index in [1.165, 1.54) is 6.20 Å². The summed E-state index contributed by atoms with van der Waals surface area (Å²) in [6.45, 7) is 0. The highest BCUT2D eigenvalue weighted by Gasteiger charge is 2.08. The highest BCUT2D eigenvalue weighted by molar-refractivity contribution is 6.30. The average Bonchev–Trinajstić information content (AvgIpc) is 2.32. The Bertz CT molecular complexity index is 578. The summed E-state index contributed by atoms with van der Waals surface area (Å²) in [5.41, 5.74) is 0.212. The number of nitrogens with zero attached hydrogens (tertiary/aromatic N) is 3. The first kappa shape index (κ1) is 11.6. The van der Waals surface area contributed by atoms with Crippen LogP contribution >= 0.6 is 23.2 Å². The zero-order valence-electron chi connectivity index (χ0n) is 8.39. The largest absolute Gasteiger partial charge is 0.438 e. The Morgan fingerprint density at radius 3 is 2.53 bits per heavy atom. The van der Waals surface area contributed by atoms with Crippen LogP contribution in [0.1, 0.15) is 5.56 Å². The second-order valence-corrected chi connectivity index (χ2v) is 3.80. The maximum Gasteiger partial charge on any atom is 0.241 e. The highest BCUT2D eigenvalue weighted by atomic mass is 35.5. The quantitative estimate of drug-likeness (QED) is 0.781. The lowest BCUT2D eigenvalue weighted by atomic mass is 10.3. The van der Waals surface area contributed by atoms with E-state index in [4.69, 9.17) is 33.2 Å². The zero-order chi connectivity index (χ0) is 12.3. The van der Waals surface area contributed by atoms with Crippen molar-refractivity contribution in [2.75, 3.05) is 0 Å². The van der Waals surface area contributed by atoms with Gasteiger partial charge in [-0.3, -0.25) is 0 Å². The third kappa shape index (κ3) is 2.84. The van der Waals surface area contributed by atoms with Crippen LogP contribution in [0.3, 0.4) is 0 Å². The molecule has 2 aromatic rings. The number of halogens is 2. The fourth-order valence-electron chi connectivity index (χ4n) is 1.11. The van der Waals surface area contributed by atoms with Crippen molar-refractivity contribution in [1.82, 2.24) is 9.97 Å². The monoisotopic (exact) mass is 265 g/mol. The fourth-order valence-corrected chi connectivity index (χ4v) is 1.37. The summed E-state index contributed by atoms with van der Waals surface area (Å²) < 4.78 is 5.42. The molecule has 0 unspecified atom stereocenters. The summed E-state index contributed by atoms with van der Waals surface area (Å²) in [7, 11) is 0. The number of hydrogen-bond acceptors (Lipinski definition) is 4. The van der Waals surface area contributed by atoms with E-state index in [9.17, 15) is 0 Å². The molecule has 0 atom stereocenters. The molecule has 1 aromatic carbocycles. The van der Waals surface area contributed by atoms with Crippen LogP contribution in [0.4, 0.5) is 0 Å². The van der Waals surface area contributed by atoms with Crippen molar-refractivity contribution < 1.29 is 4.74 Å². The van der Waals surface area contributed by atoms with Gasteiger partial charge in [0.2, 0.25) is 11.2 Å². The molecule has 0 amide bonds. The van der Waals surface area contributed by atoms with Crippen LogP contribution in [-0.2, 0) is 0 Å². The van der Waals surface area contributed by atoms with E-state index in [1.807, 2.05) is 6.07 Å². The molecule has 0 aliphatic carbocycles. The molecule has 0 fully saturated rings. The molecular formula is C11H5Cl2N3O. The molecule has 0 N–H and O–H groups in total. The van der Waals surface area contributed by atoms with E-state index in [-0.39, 0.29) is 16.7 Å². The molecule has 1 heterocycles. The Balaban J connectivity index is 2.32. The third-order valence-corrected chi connectivity index (χ3v) is 2.31. The molecule has 6 heteroatoms. The van der Waals surface area contributed by atoms with Crippen molar-refractivity contribution in [1.29, 1.82) is 5.26 Å². The van der Waals surface area contributed by atoms with Crippen LogP contribution in [0.15, 0.2) is 30.5 Å². The maximum atomic E-state index is 8.86. The molecule has 0 aliphatic rings. The van der Waals surface area contributed by atoms with Crippen LogP contribution in [0.2, 0.25) is 10.3 Å². The van der Waals surface area contributed by atoms with Crippen LogP contribution in [0, 0.1) is 11.3 Å². The second kappa shape index (κ2) is 5.00. The number of hydrogen-bond donors (Lipinski definition) is 0. The van der Waals surface area contributed by atoms with Crippen LogP contribution in [0.25, 0.3) is 0 Å². The molecule has 4 nitrogen and oxygen atoms in total. The first-order valence-electron chi connectivity index (χ1n) is 4.55. The Morgan fingerprint density at radius 2 is 1.88 bits per heavy atom. The van der Waals surface area contributed by atoms with Crippen LogP contribution < -0.4 is 4.74 Å². The average molecular weight is 266 g/mol. The maximum absolute atomic E-state index is 8.86. The van der Waals surface area contributed by atoms with E-state index < -0.39 is 0 Å². The van der Waals surface area contributed by atoms with Crippen molar-refractivity contribution in [3.63, 3.8) is 0 Å². The van der Waals surface area contributed by atoms with Gasteiger partial charge in [0.1, 0.15) is 17.4 Å². The Hall–Kier alpha value is -1.83. The van der Waals surface area contributed by atoms with E-state index in [0.717, 1.165) is 0 Å². The SMILES string of the molecule is N#Cc1cnc(Cl)nc1Oc1ccc(Cl)cc1. The first-order chi connectivity index (χ1) is 8.19. The van der Waals surface area contributed by atoms with Gasteiger partial charge in [0.15, 0.2) is 0 Å².